The fraction of sp³-hybridized carbons (Fsp3) is 0.354. The summed E-state index contributed by atoms with van der Waals surface area (Å²) in [7, 11) is 2.87. The Balaban J connectivity index is 0.868. The molecule has 20 heteroatoms. The number of aromatic nitrogens is 2. The van der Waals surface area contributed by atoms with E-state index >= 15 is 0 Å². The van der Waals surface area contributed by atoms with Gasteiger partial charge in [0.2, 0.25) is 23.5 Å². The molecule has 4 amide bonds. The van der Waals surface area contributed by atoms with E-state index in [0.29, 0.717) is 77.7 Å². The predicted molar refractivity (Wildman–Crippen MR) is 249 cm³/mol. The normalized spacial score (nSPS) is 19.1. The third-order valence-corrected chi connectivity index (χ3v) is 13.1. The van der Waals surface area contributed by atoms with Crippen LogP contribution < -0.4 is 34.9 Å². The van der Waals surface area contributed by atoms with Crippen molar-refractivity contribution in [3.05, 3.63) is 106 Å². The molecule has 1 saturated carbocycles. The van der Waals surface area contributed by atoms with Gasteiger partial charge in [-0.1, -0.05) is 29.8 Å². The van der Waals surface area contributed by atoms with E-state index in [1.165, 1.54) is 42.6 Å². The number of carbonyl (C=O) groups is 5. The van der Waals surface area contributed by atoms with Crippen molar-refractivity contribution in [3.63, 3.8) is 0 Å². The molecule has 2 aliphatic heterocycles. The molecule has 2 fully saturated rings. The first kappa shape index (κ1) is 47.5. The van der Waals surface area contributed by atoms with Crippen LogP contribution in [0.3, 0.4) is 0 Å². The van der Waals surface area contributed by atoms with Crippen molar-refractivity contribution in [1.29, 1.82) is 0 Å². The van der Waals surface area contributed by atoms with E-state index in [9.17, 15) is 28.4 Å². The Bertz CT molecular complexity index is 2710. The van der Waals surface area contributed by atoms with Crippen LogP contribution in [-0.2, 0) is 32.1 Å². The van der Waals surface area contributed by atoms with E-state index in [1.54, 1.807) is 42.6 Å². The fourth-order valence-electron chi connectivity index (χ4n) is 8.63. The second-order valence-electron chi connectivity index (χ2n) is 16.6. The van der Waals surface area contributed by atoms with Gasteiger partial charge in [-0.2, -0.15) is 10.2 Å². The summed E-state index contributed by atoms with van der Waals surface area (Å²) in [5, 5.41) is 19.9. The van der Waals surface area contributed by atoms with Gasteiger partial charge in [-0.3, -0.25) is 29.3 Å². The molecule has 3 aromatic carbocycles. The van der Waals surface area contributed by atoms with E-state index in [2.05, 4.69) is 31.2 Å². The lowest BCUT2D eigenvalue weighted by molar-refractivity contribution is -0.137. The van der Waals surface area contributed by atoms with Crippen LogP contribution in [0.4, 0.5) is 26.7 Å². The number of amides is 4. The highest BCUT2D eigenvalue weighted by atomic mass is 35.5. The van der Waals surface area contributed by atoms with E-state index < -0.39 is 23.2 Å². The minimum Gasteiger partial charge on any atom is -0.493 e. The zero-order valence-corrected chi connectivity index (χ0v) is 38.8. The number of benzene rings is 3. The third-order valence-electron chi connectivity index (χ3n) is 12.1. The average molecular weight is 967 g/mol. The number of nitrogens with zero attached hydrogens (tertiary/aromatic N) is 5. The lowest BCUT2D eigenvalue weighted by Crippen LogP contribution is -2.52. The topological polar surface area (TPSA) is 212 Å². The first-order chi connectivity index (χ1) is 32.9. The van der Waals surface area contributed by atoms with Gasteiger partial charge in [0.05, 0.1) is 42.1 Å². The highest BCUT2D eigenvalue weighted by Crippen LogP contribution is 2.44. The van der Waals surface area contributed by atoms with Crippen molar-refractivity contribution in [2.45, 2.75) is 76.5 Å². The first-order valence-electron chi connectivity index (χ1n) is 22.0. The number of anilines is 2. The minimum atomic E-state index is -0.843. The highest BCUT2D eigenvalue weighted by molar-refractivity contribution is 7.13. The van der Waals surface area contributed by atoms with Gasteiger partial charge in [0.25, 0.3) is 5.91 Å². The molecule has 8 rings (SSSR count). The summed E-state index contributed by atoms with van der Waals surface area (Å²) in [6, 6.07) is 17.6. The number of piperidine rings is 1. The zero-order valence-electron chi connectivity index (χ0n) is 37.2. The summed E-state index contributed by atoms with van der Waals surface area (Å²) in [5.41, 5.74) is 1.63. The lowest BCUT2D eigenvalue weighted by Gasteiger charge is -2.39. The standard InChI is InChI=1S/C48H48ClFN8O9S/c1-64-38-23-29(56-57-35-11-4-9-32-33(35)26-58(45(32)62)36-14-15-41(60)55-44(36)61)24-39(65-2)43(38)66-27-30(59)8-6-20-51-46(63)48(25-28-7-3-13-40(53-28)54-47-52-21-22-68-47)18-16-31(17-19-48)67-37-12-5-10-34(49)42(37)50/h3-5,7,9-13,21-24,31,36H,6,8,14-20,25-27H2,1-2H3,(H,51,63)(H,52,53,54)(H,55,60,61). The van der Waals surface area contributed by atoms with Crippen molar-refractivity contribution in [2.75, 3.05) is 32.7 Å². The highest BCUT2D eigenvalue weighted by Gasteiger charge is 2.43. The number of pyridine rings is 1. The maximum absolute atomic E-state index is 14.7. The van der Waals surface area contributed by atoms with Gasteiger partial charge in [-0.05, 0) is 74.9 Å². The molecule has 0 spiro atoms. The first-order valence-corrected chi connectivity index (χ1v) is 23.3. The van der Waals surface area contributed by atoms with Crippen molar-refractivity contribution in [3.8, 4) is 23.0 Å². The number of rotatable bonds is 19. The van der Waals surface area contributed by atoms with Crippen LogP contribution in [0.2, 0.25) is 5.02 Å². The number of hydrogen-bond donors (Lipinski definition) is 3. The number of methoxy groups -OCH3 is 2. The molecule has 0 bridgehead atoms. The lowest BCUT2D eigenvalue weighted by atomic mass is 9.69. The van der Waals surface area contributed by atoms with Crippen molar-refractivity contribution in [2.24, 2.45) is 15.6 Å². The number of imide groups is 1. The molecule has 1 unspecified atom stereocenters. The van der Waals surface area contributed by atoms with Crippen LogP contribution in [0, 0.1) is 11.2 Å². The van der Waals surface area contributed by atoms with Crippen LogP contribution >= 0.6 is 22.9 Å². The fourth-order valence-corrected chi connectivity index (χ4v) is 9.33. The maximum atomic E-state index is 14.7. The Kier molecular flexibility index (Phi) is 14.9. The number of hydrogen-bond acceptors (Lipinski definition) is 15. The number of halogens is 2. The van der Waals surface area contributed by atoms with E-state index in [1.807, 2.05) is 23.6 Å². The maximum Gasteiger partial charge on any atom is 0.255 e. The predicted octanol–water partition coefficient (Wildman–Crippen LogP) is 8.36. The minimum absolute atomic E-state index is 0.0271. The monoisotopic (exact) mass is 966 g/mol. The van der Waals surface area contributed by atoms with Crippen LogP contribution in [0.1, 0.15) is 73.0 Å². The molecule has 354 valence electrons. The number of thiazole rings is 1. The second-order valence-corrected chi connectivity index (χ2v) is 17.9. The van der Waals surface area contributed by atoms with Crippen LogP contribution in [0.25, 0.3) is 0 Å². The number of ether oxygens (including phenoxy) is 4. The van der Waals surface area contributed by atoms with Crippen LogP contribution in [-0.4, -0.2) is 83.8 Å². The number of nitrogens with one attached hydrogen (secondary N) is 3. The van der Waals surface area contributed by atoms with Crippen molar-refractivity contribution < 1.29 is 47.3 Å². The SMILES string of the molecule is COc1cc(N=Nc2cccc3c2CN(C2CCC(=O)NC2=O)C3=O)cc(OC)c1OCC(=O)CCCNC(=O)C1(Cc2cccc(Nc3nccs3)n2)CCC(Oc2cccc(Cl)c2F)CC1. The number of ketones is 1. The van der Waals surface area contributed by atoms with E-state index in [-0.39, 0.29) is 96.6 Å². The molecular weight excluding hydrogens is 919 g/mol. The molecule has 4 heterocycles. The van der Waals surface area contributed by atoms with Gasteiger partial charge < -0.3 is 34.5 Å². The molecule has 1 saturated heterocycles. The Morgan fingerprint density at radius 1 is 0.985 bits per heavy atom. The Morgan fingerprint density at radius 3 is 2.49 bits per heavy atom. The van der Waals surface area contributed by atoms with E-state index in [0.717, 1.165) is 0 Å². The summed E-state index contributed by atoms with van der Waals surface area (Å²) in [4.78, 5) is 75.4. The summed E-state index contributed by atoms with van der Waals surface area (Å²) in [6.07, 6.45) is 4.46. The van der Waals surface area contributed by atoms with Gasteiger partial charge in [0, 0.05) is 72.9 Å². The van der Waals surface area contributed by atoms with Gasteiger partial charge in [0.15, 0.2) is 34.0 Å². The molecule has 1 atom stereocenters. The third kappa shape index (κ3) is 10.9. The summed E-state index contributed by atoms with van der Waals surface area (Å²) in [5.74, 6) is -0.884. The number of Topliss-reactive ketones (excluding diaryl/α,β-unsaturated/α-hetero) is 1. The van der Waals surface area contributed by atoms with Gasteiger partial charge in [-0.15, -0.1) is 11.3 Å². The quantitative estimate of drug-likeness (QED) is 0.0405. The van der Waals surface area contributed by atoms with Gasteiger partial charge in [-0.25, -0.2) is 14.4 Å². The number of carbonyl (C=O) groups excluding carboxylic acids is 5. The summed E-state index contributed by atoms with van der Waals surface area (Å²) in [6.45, 7) is 0.0624. The molecule has 5 aromatic rings. The molecule has 17 nitrogen and oxygen atoms in total. The molecule has 3 N–H and O–H groups in total. The Labute approximate surface area is 399 Å². The van der Waals surface area contributed by atoms with Crippen LogP contribution in [0.5, 0.6) is 23.0 Å². The smallest absolute Gasteiger partial charge is 0.255 e. The molecular formula is C48H48ClFN8O9S. The Hall–Kier alpha value is -6.99. The zero-order chi connectivity index (χ0) is 47.8. The van der Waals surface area contributed by atoms with Crippen molar-refractivity contribution >= 4 is 74.7 Å². The molecule has 1 aliphatic carbocycles. The number of fused-ring (bicyclic) bond motifs is 1. The van der Waals surface area contributed by atoms with Gasteiger partial charge >= 0.3 is 0 Å². The largest absolute Gasteiger partial charge is 0.493 e. The summed E-state index contributed by atoms with van der Waals surface area (Å²) < 4.78 is 37.9. The van der Waals surface area contributed by atoms with Crippen molar-refractivity contribution in [1.82, 2.24) is 25.5 Å². The summed E-state index contributed by atoms with van der Waals surface area (Å²) >= 11 is 7.44. The molecule has 68 heavy (non-hydrogen) atoms. The van der Waals surface area contributed by atoms with Crippen LogP contribution in [0.15, 0.2) is 88.5 Å². The molecule has 3 aliphatic rings. The second kappa shape index (κ2) is 21.3. The number of azo groups is 1. The average Bonchev–Trinajstić information content (AvgIpc) is 3.98. The van der Waals surface area contributed by atoms with E-state index in [4.69, 9.17) is 35.5 Å². The Morgan fingerprint density at radius 2 is 1.75 bits per heavy atom. The molecule has 0 radical (unpaired) electrons. The van der Waals surface area contributed by atoms with Gasteiger partial charge in [0.1, 0.15) is 18.5 Å². The molecule has 2 aromatic heterocycles.